The van der Waals surface area contributed by atoms with Gasteiger partial charge in [-0.1, -0.05) is 153 Å². The normalized spacial score (nSPS) is 12.2. The van der Waals surface area contributed by atoms with E-state index >= 15 is 0 Å². The van der Waals surface area contributed by atoms with Crippen molar-refractivity contribution in [2.24, 2.45) is 0 Å². The monoisotopic (exact) mass is 769 g/mol. The fourth-order valence-corrected chi connectivity index (χ4v) is 7.26. The van der Waals surface area contributed by atoms with E-state index < -0.39 is 5.41 Å². The molecule has 0 spiro atoms. The molecule has 1 atom stereocenters. The minimum atomic E-state index is -1.60. The number of Topliss-reactive ketones (excluding diaryl/α,β-unsaturated/α-hetero) is 2. The molecule has 0 heterocycles. The molecule has 0 aliphatic heterocycles. The first-order chi connectivity index (χ1) is 27.5. The van der Waals surface area contributed by atoms with Crippen LogP contribution in [0, 0.1) is 0 Å². The van der Waals surface area contributed by atoms with Gasteiger partial charge in [0.2, 0.25) is 0 Å². The molecule has 6 heteroatoms. The van der Waals surface area contributed by atoms with Gasteiger partial charge in [0.15, 0.2) is 11.6 Å². The molecule has 0 saturated carbocycles. The summed E-state index contributed by atoms with van der Waals surface area (Å²) in [4.78, 5) is 41.2. The Balaban J connectivity index is 1.66. The molecule has 6 nitrogen and oxygen atoms in total. The van der Waals surface area contributed by atoms with E-state index in [0.29, 0.717) is 43.8 Å². The molecule has 3 aromatic rings. The zero-order valence-corrected chi connectivity index (χ0v) is 35.1. The number of carbonyl (C=O) groups excluding carboxylic acids is 3. The quantitative estimate of drug-likeness (QED) is 0.0342. The topological polar surface area (TPSA) is 78.9 Å². The van der Waals surface area contributed by atoms with Gasteiger partial charge in [-0.2, -0.15) is 0 Å². The van der Waals surface area contributed by atoms with Crippen molar-refractivity contribution in [2.75, 3.05) is 19.8 Å². The van der Waals surface area contributed by atoms with E-state index in [0.717, 1.165) is 61.2 Å². The van der Waals surface area contributed by atoms with Gasteiger partial charge in [0.1, 0.15) is 28.9 Å². The molecule has 0 saturated heterocycles. The minimum absolute atomic E-state index is 0.0262. The van der Waals surface area contributed by atoms with E-state index in [1.54, 1.807) is 12.1 Å². The maximum Gasteiger partial charge on any atom is 0.155 e. The number of aryl methyl sites for hydroxylation is 1. The number of hydrogen-bond acceptors (Lipinski definition) is 6. The van der Waals surface area contributed by atoms with Gasteiger partial charge in [0.05, 0.1) is 19.8 Å². The lowest BCUT2D eigenvalue weighted by Crippen LogP contribution is -2.45. The summed E-state index contributed by atoms with van der Waals surface area (Å²) in [5.74, 6) is 1.73. The first-order valence-electron chi connectivity index (χ1n) is 22.1. The van der Waals surface area contributed by atoms with E-state index in [9.17, 15) is 14.4 Å². The second kappa shape index (κ2) is 28.5. The molecule has 0 radical (unpaired) electrons. The van der Waals surface area contributed by atoms with Crippen LogP contribution >= 0.6 is 0 Å². The minimum Gasteiger partial charge on any atom is -0.494 e. The van der Waals surface area contributed by atoms with E-state index in [4.69, 9.17) is 14.2 Å². The number of aldehydes is 1. The van der Waals surface area contributed by atoms with E-state index in [1.165, 1.54) is 77.0 Å². The zero-order valence-electron chi connectivity index (χ0n) is 35.1. The van der Waals surface area contributed by atoms with E-state index in [-0.39, 0.29) is 30.8 Å². The van der Waals surface area contributed by atoms with Crippen LogP contribution in [0.15, 0.2) is 72.8 Å². The van der Waals surface area contributed by atoms with Crippen molar-refractivity contribution in [3.8, 4) is 17.2 Å². The highest BCUT2D eigenvalue weighted by Gasteiger charge is 2.45. The van der Waals surface area contributed by atoms with Crippen molar-refractivity contribution >= 4 is 17.9 Å². The molecule has 0 amide bonds. The van der Waals surface area contributed by atoms with Crippen LogP contribution in [0.5, 0.6) is 17.2 Å². The Morgan fingerprint density at radius 3 is 1.30 bits per heavy atom. The number of rotatable bonds is 34. The fourth-order valence-electron chi connectivity index (χ4n) is 7.26. The Hall–Kier alpha value is -3.93. The number of ether oxygens (including phenoxy) is 3. The molecule has 0 N–H and O–H groups in total. The predicted octanol–water partition coefficient (Wildman–Crippen LogP) is 12.7. The zero-order chi connectivity index (χ0) is 40.1. The lowest BCUT2D eigenvalue weighted by molar-refractivity contribution is -0.137. The summed E-state index contributed by atoms with van der Waals surface area (Å²) in [6, 6.07) is 22.6. The van der Waals surface area contributed by atoms with E-state index in [1.807, 2.05) is 60.7 Å². The summed E-state index contributed by atoms with van der Waals surface area (Å²) in [7, 11) is 0. The first kappa shape index (κ1) is 46.5. The Bertz CT molecular complexity index is 1480. The van der Waals surface area contributed by atoms with Gasteiger partial charge in [-0.3, -0.25) is 9.59 Å². The van der Waals surface area contributed by atoms with Gasteiger partial charge in [0, 0.05) is 19.3 Å². The van der Waals surface area contributed by atoms with Crippen LogP contribution < -0.4 is 14.2 Å². The van der Waals surface area contributed by atoms with Crippen LogP contribution in [-0.4, -0.2) is 37.7 Å². The maximum atomic E-state index is 14.5. The van der Waals surface area contributed by atoms with Crippen molar-refractivity contribution in [1.29, 1.82) is 0 Å². The smallest absolute Gasteiger partial charge is 0.155 e. The standard InChI is InChI=1S/C50H72O6/c1-4-7-10-12-13-14-15-16-18-21-40-55-46-31-24-43(25-32-46)41-49(53)50(36-37-51,44-27-33-47(34-28-44)56-39-20-17-11-8-5-2)48(52)35-26-42-22-29-45(30-23-42)54-38-19-9-6-3/h22-25,27-34,37H,4-21,26,35-36,38-41H2,1-3H3. The van der Waals surface area contributed by atoms with E-state index in [2.05, 4.69) is 20.8 Å². The average Bonchev–Trinajstić information content (AvgIpc) is 3.22. The number of carbonyl (C=O) groups is 3. The number of benzene rings is 3. The van der Waals surface area contributed by atoms with Gasteiger partial charge in [-0.15, -0.1) is 0 Å². The highest BCUT2D eigenvalue weighted by Crippen LogP contribution is 2.35. The Kier molecular flexibility index (Phi) is 23.6. The Morgan fingerprint density at radius 1 is 0.482 bits per heavy atom. The third kappa shape index (κ3) is 17.1. The summed E-state index contributed by atoms with van der Waals surface area (Å²) in [6.07, 6.45) is 22.9. The largest absolute Gasteiger partial charge is 0.494 e. The highest BCUT2D eigenvalue weighted by atomic mass is 16.5. The van der Waals surface area contributed by atoms with Gasteiger partial charge in [-0.25, -0.2) is 0 Å². The maximum absolute atomic E-state index is 14.5. The summed E-state index contributed by atoms with van der Waals surface area (Å²) in [5.41, 5.74) is 0.680. The van der Waals surface area contributed by atoms with Crippen molar-refractivity contribution in [3.63, 3.8) is 0 Å². The van der Waals surface area contributed by atoms with Gasteiger partial charge in [-0.05, 0) is 78.8 Å². The molecule has 1 unspecified atom stereocenters. The molecule has 0 aromatic heterocycles. The van der Waals surface area contributed by atoms with Gasteiger partial charge < -0.3 is 19.0 Å². The summed E-state index contributed by atoms with van der Waals surface area (Å²) in [6.45, 7) is 8.58. The van der Waals surface area contributed by atoms with Crippen molar-refractivity contribution in [2.45, 2.75) is 167 Å². The number of hydrogen-bond donors (Lipinski definition) is 0. The Labute approximate surface area is 339 Å². The summed E-state index contributed by atoms with van der Waals surface area (Å²) in [5, 5.41) is 0. The second-order valence-electron chi connectivity index (χ2n) is 15.5. The molecule has 56 heavy (non-hydrogen) atoms. The molecule has 0 aliphatic carbocycles. The molecule has 3 aromatic carbocycles. The molecule has 0 aliphatic rings. The molecule has 3 rings (SSSR count). The van der Waals surface area contributed by atoms with Crippen molar-refractivity contribution in [3.05, 3.63) is 89.5 Å². The van der Waals surface area contributed by atoms with Crippen molar-refractivity contribution in [1.82, 2.24) is 0 Å². The average molecular weight is 769 g/mol. The molecule has 308 valence electrons. The molecular formula is C50H72O6. The number of unbranched alkanes of at least 4 members (excludes halogenated alkanes) is 15. The third-order valence-electron chi connectivity index (χ3n) is 10.8. The third-order valence-corrected chi connectivity index (χ3v) is 10.8. The predicted molar refractivity (Wildman–Crippen MR) is 230 cm³/mol. The second-order valence-corrected chi connectivity index (χ2v) is 15.5. The van der Waals surface area contributed by atoms with Gasteiger partial charge in [0.25, 0.3) is 0 Å². The molecule has 0 fully saturated rings. The van der Waals surface area contributed by atoms with Crippen molar-refractivity contribution < 1.29 is 28.6 Å². The van der Waals surface area contributed by atoms with Crippen LogP contribution in [0.3, 0.4) is 0 Å². The lowest BCUT2D eigenvalue weighted by Gasteiger charge is -2.30. The van der Waals surface area contributed by atoms with Crippen LogP contribution in [0.25, 0.3) is 0 Å². The first-order valence-corrected chi connectivity index (χ1v) is 22.1. The summed E-state index contributed by atoms with van der Waals surface area (Å²) < 4.78 is 17.9. The Morgan fingerprint density at radius 2 is 0.857 bits per heavy atom. The van der Waals surface area contributed by atoms with Gasteiger partial charge >= 0.3 is 0 Å². The lowest BCUT2D eigenvalue weighted by atomic mass is 9.68. The highest BCUT2D eigenvalue weighted by molar-refractivity contribution is 6.14. The number of ketones is 2. The van der Waals surface area contributed by atoms with Crippen LogP contribution in [0.4, 0.5) is 0 Å². The molecular weight excluding hydrogens is 697 g/mol. The van der Waals surface area contributed by atoms with Crippen LogP contribution in [0.1, 0.15) is 166 Å². The summed E-state index contributed by atoms with van der Waals surface area (Å²) >= 11 is 0. The molecule has 0 bridgehead atoms. The van der Waals surface area contributed by atoms with Crippen LogP contribution in [-0.2, 0) is 32.6 Å². The SMILES string of the molecule is CCCCCCCCCCCCOc1ccc(CC(=O)C(CC=O)(C(=O)CCc2ccc(OCCCCC)cc2)c2ccc(OCCCCCCC)cc2)cc1. The fraction of sp³-hybridized carbons (Fsp3) is 0.580. The van der Waals surface area contributed by atoms with Crippen LogP contribution in [0.2, 0.25) is 0 Å².